The van der Waals surface area contributed by atoms with Gasteiger partial charge in [-0.05, 0) is 24.7 Å². The Labute approximate surface area is 88.1 Å². The van der Waals surface area contributed by atoms with Crippen LogP contribution in [-0.4, -0.2) is 10.4 Å². The van der Waals surface area contributed by atoms with Crippen molar-refractivity contribution in [2.75, 3.05) is 0 Å². The second-order valence-electron chi connectivity index (χ2n) is 4.25. The Balaban J connectivity index is 2.01. The van der Waals surface area contributed by atoms with Crippen LogP contribution in [0.2, 0.25) is 0 Å². The highest BCUT2D eigenvalue weighted by Crippen LogP contribution is 2.42. The quantitative estimate of drug-likeness (QED) is 0.689. The molecule has 0 aliphatic heterocycles. The third kappa shape index (κ3) is 2.23. The lowest BCUT2D eigenvalue weighted by Crippen LogP contribution is -2.15. The van der Waals surface area contributed by atoms with Crippen molar-refractivity contribution in [3.05, 3.63) is 16.6 Å². The normalized spacial score (nSPS) is 33.8. The van der Waals surface area contributed by atoms with Crippen LogP contribution in [0.1, 0.15) is 31.2 Å². The van der Waals surface area contributed by atoms with Gasteiger partial charge in [-0.1, -0.05) is 6.92 Å². The molecule has 0 aromatic carbocycles. The van der Waals surface area contributed by atoms with Crippen LogP contribution >= 0.6 is 22.9 Å². The van der Waals surface area contributed by atoms with Gasteiger partial charge in [0.05, 0.1) is 5.01 Å². The molecule has 1 aliphatic rings. The highest BCUT2D eigenvalue weighted by molar-refractivity contribution is 7.09. The molecule has 1 aromatic heterocycles. The Hall–Kier alpha value is -0.0800. The SMILES string of the molecule is CC1(Cc2nccs2)CCC(Cl)C1. The number of nitrogens with zero attached hydrogens (tertiary/aromatic N) is 1. The van der Waals surface area contributed by atoms with Crippen LogP contribution in [0.5, 0.6) is 0 Å². The molecule has 1 fully saturated rings. The van der Waals surface area contributed by atoms with E-state index >= 15 is 0 Å². The lowest BCUT2D eigenvalue weighted by Gasteiger charge is -2.21. The summed E-state index contributed by atoms with van der Waals surface area (Å²) in [7, 11) is 0. The molecule has 1 nitrogen and oxygen atoms in total. The minimum atomic E-state index is 0.393. The molecule has 1 heterocycles. The van der Waals surface area contributed by atoms with Crippen LogP contribution in [0.15, 0.2) is 11.6 Å². The Morgan fingerprint density at radius 1 is 1.77 bits per heavy atom. The summed E-state index contributed by atoms with van der Waals surface area (Å²) in [6.45, 7) is 2.33. The second kappa shape index (κ2) is 3.58. The largest absolute Gasteiger partial charge is 0.250 e. The number of thiazole rings is 1. The van der Waals surface area contributed by atoms with Gasteiger partial charge in [-0.15, -0.1) is 22.9 Å². The molecule has 1 aromatic rings. The average molecular weight is 216 g/mol. The van der Waals surface area contributed by atoms with Crippen LogP contribution in [0, 0.1) is 5.41 Å². The number of hydrogen-bond donors (Lipinski definition) is 0. The fourth-order valence-electron chi connectivity index (χ4n) is 2.11. The molecule has 72 valence electrons. The minimum Gasteiger partial charge on any atom is -0.250 e. The molecule has 1 saturated carbocycles. The van der Waals surface area contributed by atoms with Crippen molar-refractivity contribution in [3.8, 4) is 0 Å². The van der Waals surface area contributed by atoms with Crippen molar-refractivity contribution in [2.24, 2.45) is 5.41 Å². The Morgan fingerprint density at radius 3 is 3.15 bits per heavy atom. The van der Waals surface area contributed by atoms with Gasteiger partial charge in [0.1, 0.15) is 0 Å². The Kier molecular flexibility index (Phi) is 2.61. The van der Waals surface area contributed by atoms with E-state index in [1.54, 1.807) is 11.3 Å². The van der Waals surface area contributed by atoms with Crippen LogP contribution in [0.4, 0.5) is 0 Å². The summed E-state index contributed by atoms with van der Waals surface area (Å²) in [4.78, 5) is 4.33. The summed E-state index contributed by atoms with van der Waals surface area (Å²) >= 11 is 7.88. The summed E-state index contributed by atoms with van der Waals surface area (Å²) < 4.78 is 0. The van der Waals surface area contributed by atoms with Gasteiger partial charge in [0.25, 0.3) is 0 Å². The molecule has 0 N–H and O–H groups in total. The lowest BCUT2D eigenvalue weighted by molar-refractivity contribution is 0.334. The van der Waals surface area contributed by atoms with Gasteiger partial charge in [0.2, 0.25) is 0 Å². The Bertz CT molecular complexity index is 272. The van der Waals surface area contributed by atoms with Crippen LogP contribution in [0.25, 0.3) is 0 Å². The van der Waals surface area contributed by atoms with Crippen LogP contribution < -0.4 is 0 Å². The van der Waals surface area contributed by atoms with Crippen molar-refractivity contribution >= 4 is 22.9 Å². The third-order valence-electron chi connectivity index (χ3n) is 2.84. The van der Waals surface area contributed by atoms with Crippen molar-refractivity contribution in [3.63, 3.8) is 0 Å². The highest BCUT2D eigenvalue weighted by atomic mass is 35.5. The smallest absolute Gasteiger partial charge is 0.0930 e. The molecule has 0 bridgehead atoms. The molecule has 0 radical (unpaired) electrons. The molecule has 1 aliphatic carbocycles. The van der Waals surface area contributed by atoms with E-state index in [9.17, 15) is 0 Å². The number of hydrogen-bond acceptors (Lipinski definition) is 2. The molecule has 0 spiro atoms. The molecule has 0 saturated heterocycles. The number of halogens is 1. The first-order chi connectivity index (χ1) is 6.18. The van der Waals surface area contributed by atoms with E-state index in [0.717, 1.165) is 12.8 Å². The maximum absolute atomic E-state index is 6.12. The van der Waals surface area contributed by atoms with Gasteiger partial charge in [-0.3, -0.25) is 0 Å². The van der Waals surface area contributed by atoms with Crippen LogP contribution in [-0.2, 0) is 6.42 Å². The van der Waals surface area contributed by atoms with E-state index in [0.29, 0.717) is 10.8 Å². The molecule has 2 rings (SSSR count). The summed E-state index contributed by atoms with van der Waals surface area (Å²) in [6.07, 6.45) is 6.56. The fraction of sp³-hybridized carbons (Fsp3) is 0.700. The lowest BCUT2D eigenvalue weighted by atomic mass is 9.85. The maximum Gasteiger partial charge on any atom is 0.0930 e. The summed E-state index contributed by atoms with van der Waals surface area (Å²) in [5.74, 6) is 0. The second-order valence-corrected chi connectivity index (χ2v) is 5.85. The van der Waals surface area contributed by atoms with Gasteiger partial charge in [-0.25, -0.2) is 4.98 Å². The van der Waals surface area contributed by atoms with Gasteiger partial charge < -0.3 is 0 Å². The zero-order valence-corrected chi connectivity index (χ0v) is 9.37. The molecular formula is C10H14ClNS. The first kappa shape index (κ1) is 9.47. The zero-order chi connectivity index (χ0) is 9.31. The van der Waals surface area contributed by atoms with Crippen molar-refractivity contribution in [2.45, 2.75) is 38.0 Å². The standard InChI is InChI=1S/C10H14ClNS/c1-10(3-2-8(11)6-10)7-9-12-4-5-13-9/h4-5,8H,2-3,6-7H2,1H3. The molecular weight excluding hydrogens is 202 g/mol. The molecule has 13 heavy (non-hydrogen) atoms. The van der Waals surface area contributed by atoms with E-state index in [2.05, 4.69) is 11.9 Å². The average Bonchev–Trinajstić information content (AvgIpc) is 2.62. The van der Waals surface area contributed by atoms with E-state index in [-0.39, 0.29) is 0 Å². The predicted octanol–water partition coefficient (Wildman–Crippen LogP) is 3.48. The number of aromatic nitrogens is 1. The van der Waals surface area contributed by atoms with Crippen LogP contribution in [0.3, 0.4) is 0 Å². The first-order valence-electron chi connectivity index (χ1n) is 4.70. The fourth-order valence-corrected chi connectivity index (χ4v) is 3.42. The van der Waals surface area contributed by atoms with E-state index in [1.165, 1.54) is 17.8 Å². The Morgan fingerprint density at radius 2 is 2.62 bits per heavy atom. The van der Waals surface area contributed by atoms with Gasteiger partial charge >= 0.3 is 0 Å². The number of alkyl halides is 1. The van der Waals surface area contributed by atoms with Gasteiger partial charge in [-0.2, -0.15) is 0 Å². The highest BCUT2D eigenvalue weighted by Gasteiger charge is 2.34. The van der Waals surface area contributed by atoms with Crippen molar-refractivity contribution in [1.82, 2.24) is 4.98 Å². The summed E-state index contributed by atoms with van der Waals surface area (Å²) in [5.41, 5.74) is 0.407. The molecule has 0 amide bonds. The minimum absolute atomic E-state index is 0.393. The molecule has 3 heteroatoms. The summed E-state index contributed by atoms with van der Waals surface area (Å²) in [5, 5.41) is 3.70. The summed E-state index contributed by atoms with van der Waals surface area (Å²) in [6, 6.07) is 0. The topological polar surface area (TPSA) is 12.9 Å². The van der Waals surface area contributed by atoms with Gasteiger partial charge in [0.15, 0.2) is 0 Å². The zero-order valence-electron chi connectivity index (χ0n) is 7.79. The molecule has 2 unspecified atom stereocenters. The predicted molar refractivity (Wildman–Crippen MR) is 57.4 cm³/mol. The first-order valence-corrected chi connectivity index (χ1v) is 6.02. The third-order valence-corrected chi connectivity index (χ3v) is 3.99. The molecule has 2 atom stereocenters. The van der Waals surface area contributed by atoms with Crippen molar-refractivity contribution < 1.29 is 0 Å². The van der Waals surface area contributed by atoms with Gasteiger partial charge in [0, 0.05) is 23.4 Å². The monoisotopic (exact) mass is 215 g/mol. The maximum atomic E-state index is 6.12. The van der Waals surface area contributed by atoms with E-state index in [1.807, 2.05) is 11.6 Å². The van der Waals surface area contributed by atoms with E-state index in [4.69, 9.17) is 11.6 Å². The van der Waals surface area contributed by atoms with E-state index < -0.39 is 0 Å². The van der Waals surface area contributed by atoms with Crippen molar-refractivity contribution in [1.29, 1.82) is 0 Å². The number of rotatable bonds is 2.